The van der Waals surface area contributed by atoms with Crippen LogP contribution in [0.15, 0.2) is 49.1 Å². The van der Waals surface area contributed by atoms with Gasteiger partial charge in [0.2, 0.25) is 0 Å². The van der Waals surface area contributed by atoms with Crippen molar-refractivity contribution in [3.8, 4) is 5.75 Å². The number of hydrogen-bond acceptors (Lipinski definition) is 2. The van der Waals surface area contributed by atoms with Gasteiger partial charge in [-0.05, 0) is 28.5 Å². The van der Waals surface area contributed by atoms with Crippen LogP contribution in [0.2, 0.25) is 0 Å². The number of ether oxygens (including phenoxy) is 1. The highest BCUT2D eigenvalue weighted by atomic mass is 16.5. The molecule has 0 N–H and O–H groups in total. The van der Waals surface area contributed by atoms with Crippen molar-refractivity contribution in [2.24, 2.45) is 0 Å². The minimum atomic E-state index is 0.181. The average Bonchev–Trinajstić information content (AvgIpc) is 2.39. The number of Topliss-reactive ketones (excluding diaryl/α,β-unsaturated/α-hetero) is 1. The van der Waals surface area contributed by atoms with Gasteiger partial charge in [0.15, 0.2) is 0 Å². The average molecular weight is 240 g/mol. The van der Waals surface area contributed by atoms with Crippen LogP contribution in [0.3, 0.4) is 0 Å². The predicted molar refractivity (Wildman–Crippen MR) is 74.0 cm³/mol. The highest BCUT2D eigenvalue weighted by molar-refractivity contribution is 5.92. The molecule has 2 heteroatoms. The first kappa shape index (κ1) is 12.4. The molecule has 0 aliphatic rings. The SMILES string of the molecule is C=CCC(=O)Cc1cccc2ccc(OC)cc12. The van der Waals surface area contributed by atoms with Gasteiger partial charge in [0.25, 0.3) is 0 Å². The number of allylic oxidation sites excluding steroid dienone is 1. The molecular formula is C16H16O2. The van der Waals surface area contributed by atoms with Crippen LogP contribution in [0.5, 0.6) is 5.75 Å². The normalized spacial score (nSPS) is 10.3. The lowest BCUT2D eigenvalue weighted by atomic mass is 9.99. The smallest absolute Gasteiger partial charge is 0.141 e. The zero-order valence-corrected chi connectivity index (χ0v) is 10.5. The highest BCUT2D eigenvalue weighted by Crippen LogP contribution is 2.24. The molecule has 18 heavy (non-hydrogen) atoms. The van der Waals surface area contributed by atoms with Crippen LogP contribution in [-0.4, -0.2) is 12.9 Å². The summed E-state index contributed by atoms with van der Waals surface area (Å²) in [7, 11) is 1.65. The molecule has 2 rings (SSSR count). The van der Waals surface area contributed by atoms with E-state index in [0.29, 0.717) is 12.8 Å². The van der Waals surface area contributed by atoms with E-state index < -0.39 is 0 Å². The summed E-state index contributed by atoms with van der Waals surface area (Å²) in [5, 5.41) is 2.20. The maximum Gasteiger partial charge on any atom is 0.141 e. The van der Waals surface area contributed by atoms with Gasteiger partial charge in [0.1, 0.15) is 11.5 Å². The van der Waals surface area contributed by atoms with Crippen LogP contribution in [0.25, 0.3) is 10.8 Å². The number of carbonyl (C=O) groups excluding carboxylic acids is 1. The standard InChI is InChI=1S/C16H16O2/c1-3-5-14(17)10-13-7-4-6-12-8-9-15(18-2)11-16(12)13/h3-4,6-9,11H,1,5,10H2,2H3. The number of benzene rings is 2. The summed E-state index contributed by atoms with van der Waals surface area (Å²) in [5.74, 6) is 0.992. The fourth-order valence-electron chi connectivity index (χ4n) is 2.04. The Bertz CT molecular complexity index is 585. The molecule has 0 spiro atoms. The van der Waals surface area contributed by atoms with E-state index in [0.717, 1.165) is 22.1 Å². The van der Waals surface area contributed by atoms with E-state index >= 15 is 0 Å². The van der Waals surface area contributed by atoms with Gasteiger partial charge in [-0.15, -0.1) is 6.58 Å². The first-order valence-electron chi connectivity index (χ1n) is 5.93. The van der Waals surface area contributed by atoms with Crippen molar-refractivity contribution in [2.75, 3.05) is 7.11 Å². The summed E-state index contributed by atoms with van der Waals surface area (Å²) in [6, 6.07) is 11.9. The molecule has 92 valence electrons. The molecule has 2 aromatic carbocycles. The summed E-state index contributed by atoms with van der Waals surface area (Å²) >= 11 is 0. The van der Waals surface area contributed by atoms with Gasteiger partial charge in [-0.25, -0.2) is 0 Å². The van der Waals surface area contributed by atoms with E-state index in [1.165, 1.54) is 0 Å². The Morgan fingerprint density at radius 2 is 2.17 bits per heavy atom. The van der Waals surface area contributed by atoms with E-state index in [1.807, 2.05) is 36.4 Å². The number of ketones is 1. The van der Waals surface area contributed by atoms with Crippen molar-refractivity contribution in [3.63, 3.8) is 0 Å². The van der Waals surface area contributed by atoms with Gasteiger partial charge in [0.05, 0.1) is 7.11 Å². The number of carbonyl (C=O) groups is 1. The number of fused-ring (bicyclic) bond motifs is 1. The lowest BCUT2D eigenvalue weighted by Crippen LogP contribution is -2.01. The number of methoxy groups -OCH3 is 1. The third-order valence-electron chi connectivity index (χ3n) is 2.94. The minimum Gasteiger partial charge on any atom is -0.497 e. The zero-order chi connectivity index (χ0) is 13.0. The van der Waals surface area contributed by atoms with E-state index in [-0.39, 0.29) is 5.78 Å². The summed E-state index contributed by atoms with van der Waals surface area (Å²) < 4.78 is 5.23. The molecule has 0 aliphatic heterocycles. The maximum absolute atomic E-state index is 11.7. The molecule has 0 heterocycles. The molecule has 0 amide bonds. The Morgan fingerprint density at radius 1 is 1.33 bits per heavy atom. The molecule has 2 aromatic rings. The molecule has 0 unspecified atom stereocenters. The third kappa shape index (κ3) is 2.59. The second-order valence-corrected chi connectivity index (χ2v) is 4.21. The second kappa shape index (κ2) is 5.50. The largest absolute Gasteiger partial charge is 0.497 e. The lowest BCUT2D eigenvalue weighted by Gasteiger charge is -2.07. The zero-order valence-electron chi connectivity index (χ0n) is 10.5. The van der Waals surface area contributed by atoms with Gasteiger partial charge >= 0.3 is 0 Å². The van der Waals surface area contributed by atoms with Crippen LogP contribution < -0.4 is 4.74 Å². The minimum absolute atomic E-state index is 0.181. The fraction of sp³-hybridized carbons (Fsp3) is 0.188. The lowest BCUT2D eigenvalue weighted by molar-refractivity contribution is -0.117. The molecule has 0 saturated carbocycles. The van der Waals surface area contributed by atoms with Gasteiger partial charge in [0, 0.05) is 12.8 Å². The second-order valence-electron chi connectivity index (χ2n) is 4.21. The quantitative estimate of drug-likeness (QED) is 0.747. The van der Waals surface area contributed by atoms with Crippen molar-refractivity contribution >= 4 is 16.6 Å². The Hall–Kier alpha value is -2.09. The highest BCUT2D eigenvalue weighted by Gasteiger charge is 2.06. The van der Waals surface area contributed by atoms with Crippen molar-refractivity contribution < 1.29 is 9.53 Å². The van der Waals surface area contributed by atoms with E-state index in [9.17, 15) is 4.79 Å². The van der Waals surface area contributed by atoms with Crippen LogP contribution in [0.1, 0.15) is 12.0 Å². The number of hydrogen-bond donors (Lipinski definition) is 0. The third-order valence-corrected chi connectivity index (χ3v) is 2.94. The Morgan fingerprint density at radius 3 is 2.89 bits per heavy atom. The molecule has 0 saturated heterocycles. The number of rotatable bonds is 5. The summed E-state index contributed by atoms with van der Waals surface area (Å²) in [6.45, 7) is 3.59. The first-order chi connectivity index (χ1) is 8.74. The van der Waals surface area contributed by atoms with E-state index in [2.05, 4.69) is 6.58 Å². The van der Waals surface area contributed by atoms with Crippen LogP contribution in [-0.2, 0) is 11.2 Å². The predicted octanol–water partition coefficient (Wildman–Crippen LogP) is 3.54. The van der Waals surface area contributed by atoms with Crippen LogP contribution in [0.4, 0.5) is 0 Å². The summed E-state index contributed by atoms with van der Waals surface area (Å²) in [6.07, 6.45) is 2.50. The molecule has 0 radical (unpaired) electrons. The van der Waals surface area contributed by atoms with E-state index in [1.54, 1.807) is 13.2 Å². The molecule has 0 atom stereocenters. The van der Waals surface area contributed by atoms with Gasteiger partial charge in [-0.2, -0.15) is 0 Å². The van der Waals surface area contributed by atoms with Gasteiger partial charge in [-0.3, -0.25) is 4.79 Å². The van der Waals surface area contributed by atoms with Crippen molar-refractivity contribution in [2.45, 2.75) is 12.8 Å². The topological polar surface area (TPSA) is 26.3 Å². The molecule has 0 fully saturated rings. The molecule has 0 aliphatic carbocycles. The van der Waals surface area contributed by atoms with E-state index in [4.69, 9.17) is 4.74 Å². The molecule has 0 aromatic heterocycles. The first-order valence-corrected chi connectivity index (χ1v) is 5.93. The molecule has 0 bridgehead atoms. The monoisotopic (exact) mass is 240 g/mol. The van der Waals surface area contributed by atoms with Gasteiger partial charge in [-0.1, -0.05) is 30.3 Å². The van der Waals surface area contributed by atoms with Gasteiger partial charge < -0.3 is 4.74 Å². The Labute approximate surface area is 107 Å². The molecule has 2 nitrogen and oxygen atoms in total. The van der Waals surface area contributed by atoms with Crippen molar-refractivity contribution in [3.05, 3.63) is 54.6 Å². The summed E-state index contributed by atoms with van der Waals surface area (Å²) in [4.78, 5) is 11.7. The maximum atomic E-state index is 11.7. The summed E-state index contributed by atoms with van der Waals surface area (Å²) in [5.41, 5.74) is 1.04. The van der Waals surface area contributed by atoms with Crippen molar-refractivity contribution in [1.29, 1.82) is 0 Å². The van der Waals surface area contributed by atoms with Crippen molar-refractivity contribution in [1.82, 2.24) is 0 Å². The molecular weight excluding hydrogens is 224 g/mol. The Balaban J connectivity index is 2.42. The van der Waals surface area contributed by atoms with Crippen LogP contribution in [0, 0.1) is 0 Å². The Kier molecular flexibility index (Phi) is 3.78. The van der Waals surface area contributed by atoms with Crippen LogP contribution >= 0.6 is 0 Å². The fourth-order valence-corrected chi connectivity index (χ4v) is 2.04.